The summed E-state index contributed by atoms with van der Waals surface area (Å²) in [5, 5.41) is 8.74. The normalized spacial score (nSPS) is 20.1. The lowest BCUT2D eigenvalue weighted by Crippen LogP contribution is -2.23. The van der Waals surface area contributed by atoms with E-state index in [4.69, 9.17) is 5.11 Å². The van der Waals surface area contributed by atoms with Crippen molar-refractivity contribution in [3.63, 3.8) is 0 Å². The molecule has 0 aromatic carbocycles. The minimum absolute atomic E-state index is 0.114. The van der Waals surface area contributed by atoms with Gasteiger partial charge in [-0.1, -0.05) is 12.8 Å². The number of carboxylic acid groups (broad SMARTS) is 1. The predicted octanol–water partition coefficient (Wildman–Crippen LogP) is 2.00. The minimum atomic E-state index is -0.775. The van der Waals surface area contributed by atoms with Crippen LogP contribution in [-0.4, -0.2) is 16.9 Å². The molecular weight excluding hydrogens is 168 g/mol. The Morgan fingerprint density at radius 3 is 2.15 bits per heavy atom. The van der Waals surface area contributed by atoms with Crippen molar-refractivity contribution in [1.29, 1.82) is 0 Å². The number of aliphatic carboxylic acids is 1. The van der Waals surface area contributed by atoms with Crippen LogP contribution in [0.3, 0.4) is 0 Å². The highest BCUT2D eigenvalue weighted by molar-refractivity contribution is 5.77. The zero-order valence-electron chi connectivity index (χ0n) is 8.01. The van der Waals surface area contributed by atoms with Gasteiger partial charge in [0.05, 0.1) is 6.42 Å². The Kier molecular flexibility index (Phi) is 3.07. The fraction of sp³-hybridized carbons (Fsp3) is 0.800. The Labute approximate surface area is 78.1 Å². The molecule has 1 fully saturated rings. The van der Waals surface area contributed by atoms with Crippen molar-refractivity contribution in [2.75, 3.05) is 0 Å². The van der Waals surface area contributed by atoms with E-state index in [9.17, 15) is 9.59 Å². The smallest absolute Gasteiger partial charge is 0.303 e. The Hall–Kier alpha value is -0.860. The topological polar surface area (TPSA) is 54.4 Å². The Morgan fingerprint density at radius 1 is 1.23 bits per heavy atom. The molecule has 13 heavy (non-hydrogen) atoms. The first-order chi connectivity index (χ1) is 6.04. The second-order valence-electron chi connectivity index (χ2n) is 4.16. The van der Waals surface area contributed by atoms with E-state index < -0.39 is 5.97 Å². The molecule has 0 atom stereocenters. The van der Waals surface area contributed by atoms with Crippen LogP contribution in [0.2, 0.25) is 0 Å². The van der Waals surface area contributed by atoms with E-state index in [-0.39, 0.29) is 17.6 Å². The van der Waals surface area contributed by atoms with Crippen LogP contribution in [0.25, 0.3) is 0 Å². The third kappa shape index (κ3) is 2.83. The first-order valence-electron chi connectivity index (χ1n) is 4.75. The molecule has 0 heterocycles. The number of rotatable bonds is 4. The average Bonchev–Trinajstić information content (AvgIpc) is 2.33. The second kappa shape index (κ2) is 3.90. The molecule has 0 spiro atoms. The van der Waals surface area contributed by atoms with E-state index in [1.807, 2.05) is 0 Å². The van der Waals surface area contributed by atoms with Gasteiger partial charge >= 0.3 is 5.97 Å². The summed E-state index contributed by atoms with van der Waals surface area (Å²) in [5.74, 6) is -0.661. The van der Waals surface area contributed by atoms with E-state index in [1.165, 1.54) is 0 Å². The van der Waals surface area contributed by atoms with Crippen molar-refractivity contribution in [1.82, 2.24) is 0 Å². The van der Waals surface area contributed by atoms with E-state index in [0.717, 1.165) is 25.7 Å². The van der Waals surface area contributed by atoms with Gasteiger partial charge in [0.1, 0.15) is 5.78 Å². The van der Waals surface area contributed by atoms with Gasteiger partial charge in [0.25, 0.3) is 0 Å². The van der Waals surface area contributed by atoms with Gasteiger partial charge in [0.15, 0.2) is 0 Å². The summed E-state index contributed by atoms with van der Waals surface area (Å²) in [4.78, 5) is 21.6. The summed E-state index contributed by atoms with van der Waals surface area (Å²) in [5.41, 5.74) is -0.211. The van der Waals surface area contributed by atoms with Gasteiger partial charge in [-0.3, -0.25) is 4.79 Å². The van der Waals surface area contributed by atoms with Crippen LogP contribution in [0.4, 0.5) is 0 Å². The van der Waals surface area contributed by atoms with E-state index in [1.54, 1.807) is 6.92 Å². The number of carbonyl (C=O) groups excluding carboxylic acids is 1. The van der Waals surface area contributed by atoms with E-state index in [2.05, 4.69) is 0 Å². The quantitative estimate of drug-likeness (QED) is 0.727. The third-order valence-corrected chi connectivity index (χ3v) is 2.81. The van der Waals surface area contributed by atoms with Crippen LogP contribution in [0.15, 0.2) is 0 Å². The van der Waals surface area contributed by atoms with Crippen LogP contribution in [0, 0.1) is 5.41 Å². The van der Waals surface area contributed by atoms with Gasteiger partial charge in [-0.25, -0.2) is 0 Å². The van der Waals surface area contributed by atoms with Crippen molar-refractivity contribution < 1.29 is 14.7 Å². The zero-order valence-corrected chi connectivity index (χ0v) is 8.01. The Bertz CT molecular complexity index is 196. The number of carboxylic acids is 1. The molecule has 0 amide bonds. The molecule has 1 aliphatic carbocycles. The highest BCUT2D eigenvalue weighted by Crippen LogP contribution is 2.44. The third-order valence-electron chi connectivity index (χ3n) is 2.81. The van der Waals surface area contributed by atoms with Crippen molar-refractivity contribution in [2.24, 2.45) is 5.41 Å². The van der Waals surface area contributed by atoms with Crippen molar-refractivity contribution in [3.05, 3.63) is 0 Å². The average molecular weight is 184 g/mol. The standard InChI is InChI=1S/C10H16O3/c1-8(11)6-10(7-9(12)13)4-2-3-5-10/h2-7H2,1H3,(H,12,13). The maximum atomic E-state index is 11.0. The zero-order chi connectivity index (χ0) is 9.90. The molecule has 1 rings (SSSR count). The molecule has 3 nitrogen and oxygen atoms in total. The van der Waals surface area contributed by atoms with Crippen LogP contribution in [0.5, 0.6) is 0 Å². The van der Waals surface area contributed by atoms with E-state index in [0.29, 0.717) is 6.42 Å². The maximum Gasteiger partial charge on any atom is 0.303 e. The van der Waals surface area contributed by atoms with Gasteiger partial charge in [-0.2, -0.15) is 0 Å². The monoisotopic (exact) mass is 184 g/mol. The largest absolute Gasteiger partial charge is 0.481 e. The Balaban J connectivity index is 2.62. The van der Waals surface area contributed by atoms with Gasteiger partial charge in [-0.15, -0.1) is 0 Å². The lowest BCUT2D eigenvalue weighted by Gasteiger charge is -2.25. The number of Topliss-reactive ketones (excluding diaryl/α,β-unsaturated/α-hetero) is 1. The SMILES string of the molecule is CC(=O)CC1(CC(=O)O)CCCC1. The van der Waals surface area contributed by atoms with Crippen LogP contribution >= 0.6 is 0 Å². The molecule has 0 bridgehead atoms. The van der Waals surface area contributed by atoms with Gasteiger partial charge in [-0.05, 0) is 25.2 Å². The molecule has 0 radical (unpaired) electrons. The molecule has 3 heteroatoms. The minimum Gasteiger partial charge on any atom is -0.481 e. The van der Waals surface area contributed by atoms with Crippen LogP contribution < -0.4 is 0 Å². The predicted molar refractivity (Wildman–Crippen MR) is 48.5 cm³/mol. The maximum absolute atomic E-state index is 11.0. The fourth-order valence-corrected chi connectivity index (χ4v) is 2.39. The Morgan fingerprint density at radius 2 is 1.77 bits per heavy atom. The fourth-order valence-electron chi connectivity index (χ4n) is 2.39. The summed E-state index contributed by atoms with van der Waals surface area (Å²) < 4.78 is 0. The lowest BCUT2D eigenvalue weighted by atomic mass is 9.78. The van der Waals surface area contributed by atoms with Crippen molar-refractivity contribution in [3.8, 4) is 0 Å². The van der Waals surface area contributed by atoms with Gasteiger partial charge < -0.3 is 9.90 Å². The molecule has 0 unspecified atom stereocenters. The molecule has 0 aromatic rings. The molecular formula is C10H16O3. The number of ketones is 1. The molecule has 1 saturated carbocycles. The molecule has 1 aliphatic rings. The number of hydrogen-bond acceptors (Lipinski definition) is 2. The first-order valence-corrected chi connectivity index (χ1v) is 4.75. The molecule has 0 aromatic heterocycles. The van der Waals surface area contributed by atoms with Crippen molar-refractivity contribution >= 4 is 11.8 Å². The summed E-state index contributed by atoms with van der Waals surface area (Å²) in [7, 11) is 0. The summed E-state index contributed by atoms with van der Waals surface area (Å²) in [6.45, 7) is 1.54. The highest BCUT2D eigenvalue weighted by atomic mass is 16.4. The van der Waals surface area contributed by atoms with Crippen molar-refractivity contribution in [2.45, 2.75) is 45.4 Å². The molecule has 0 saturated heterocycles. The second-order valence-corrected chi connectivity index (χ2v) is 4.16. The molecule has 74 valence electrons. The molecule has 1 N–H and O–H groups in total. The van der Waals surface area contributed by atoms with Gasteiger partial charge in [0, 0.05) is 6.42 Å². The summed E-state index contributed by atoms with van der Waals surface area (Å²) >= 11 is 0. The number of hydrogen-bond donors (Lipinski definition) is 1. The van der Waals surface area contributed by atoms with Crippen LogP contribution in [0.1, 0.15) is 45.4 Å². The first kappa shape index (κ1) is 10.2. The number of carbonyl (C=O) groups is 2. The lowest BCUT2D eigenvalue weighted by molar-refractivity contribution is -0.140. The van der Waals surface area contributed by atoms with E-state index >= 15 is 0 Å². The summed E-state index contributed by atoms with van der Waals surface area (Å²) in [6, 6.07) is 0. The summed E-state index contributed by atoms with van der Waals surface area (Å²) in [6.07, 6.45) is 4.55. The van der Waals surface area contributed by atoms with Gasteiger partial charge in [0.2, 0.25) is 0 Å². The highest BCUT2D eigenvalue weighted by Gasteiger charge is 2.36. The molecule has 0 aliphatic heterocycles. The van der Waals surface area contributed by atoms with Crippen LogP contribution in [-0.2, 0) is 9.59 Å².